The van der Waals surface area contributed by atoms with Crippen molar-refractivity contribution in [2.24, 2.45) is 5.41 Å². The Morgan fingerprint density at radius 1 is 1.24 bits per heavy atom. The summed E-state index contributed by atoms with van der Waals surface area (Å²) in [6.45, 7) is 4.64. The summed E-state index contributed by atoms with van der Waals surface area (Å²) in [6, 6.07) is 9.18. The highest BCUT2D eigenvalue weighted by molar-refractivity contribution is 6.03. The second-order valence-corrected chi connectivity index (χ2v) is 5.80. The van der Waals surface area contributed by atoms with Crippen LogP contribution in [0.25, 0.3) is 0 Å². The van der Waals surface area contributed by atoms with Crippen molar-refractivity contribution >= 4 is 5.78 Å². The van der Waals surface area contributed by atoms with Crippen molar-refractivity contribution in [3.63, 3.8) is 0 Å². The standard InChI is InChI=1S/C17H17NO3/c1-17(2)11-21-15-9-13(3-4-14(15)16(17)19)20-10-12-5-7-18-8-6-12/h3-9H,10-11H2,1-2H3. The summed E-state index contributed by atoms with van der Waals surface area (Å²) in [4.78, 5) is 16.3. The van der Waals surface area contributed by atoms with Gasteiger partial charge in [0.05, 0.1) is 11.0 Å². The summed E-state index contributed by atoms with van der Waals surface area (Å²) in [6.07, 6.45) is 3.46. The van der Waals surface area contributed by atoms with Crippen molar-refractivity contribution in [1.82, 2.24) is 4.98 Å². The van der Waals surface area contributed by atoms with Crippen molar-refractivity contribution in [3.05, 3.63) is 53.9 Å². The highest BCUT2D eigenvalue weighted by Crippen LogP contribution is 2.36. The molecule has 1 aliphatic rings. The number of hydrogen-bond acceptors (Lipinski definition) is 4. The van der Waals surface area contributed by atoms with E-state index in [9.17, 15) is 4.79 Å². The van der Waals surface area contributed by atoms with E-state index in [0.717, 1.165) is 5.56 Å². The zero-order valence-corrected chi connectivity index (χ0v) is 12.1. The number of nitrogens with zero attached hydrogens (tertiary/aromatic N) is 1. The summed E-state index contributed by atoms with van der Waals surface area (Å²) in [7, 11) is 0. The highest BCUT2D eigenvalue weighted by Gasteiger charge is 2.35. The van der Waals surface area contributed by atoms with Gasteiger partial charge in [-0.3, -0.25) is 9.78 Å². The zero-order chi connectivity index (χ0) is 14.9. The van der Waals surface area contributed by atoms with Gasteiger partial charge in [-0.05, 0) is 43.7 Å². The minimum atomic E-state index is -0.466. The Kier molecular flexibility index (Phi) is 3.37. The average Bonchev–Trinajstić information content (AvgIpc) is 2.50. The molecule has 0 N–H and O–H groups in total. The molecule has 0 spiro atoms. The van der Waals surface area contributed by atoms with E-state index in [1.165, 1.54) is 0 Å². The van der Waals surface area contributed by atoms with E-state index in [-0.39, 0.29) is 5.78 Å². The fourth-order valence-electron chi connectivity index (χ4n) is 2.23. The summed E-state index contributed by atoms with van der Waals surface area (Å²) in [5.41, 5.74) is 1.20. The Balaban J connectivity index is 1.77. The molecule has 0 unspecified atom stereocenters. The molecule has 0 bridgehead atoms. The summed E-state index contributed by atoms with van der Waals surface area (Å²) >= 11 is 0. The maximum absolute atomic E-state index is 12.3. The summed E-state index contributed by atoms with van der Waals surface area (Å²) in [5, 5.41) is 0. The molecule has 0 atom stereocenters. The van der Waals surface area contributed by atoms with Gasteiger partial charge in [0, 0.05) is 18.5 Å². The van der Waals surface area contributed by atoms with E-state index in [0.29, 0.717) is 30.3 Å². The van der Waals surface area contributed by atoms with Gasteiger partial charge in [0.2, 0.25) is 0 Å². The first kappa shape index (κ1) is 13.6. The molecule has 0 saturated heterocycles. The molecule has 21 heavy (non-hydrogen) atoms. The van der Waals surface area contributed by atoms with Gasteiger partial charge in [-0.1, -0.05) is 0 Å². The molecule has 2 heterocycles. The summed E-state index contributed by atoms with van der Waals surface area (Å²) < 4.78 is 11.4. The monoisotopic (exact) mass is 283 g/mol. The summed E-state index contributed by atoms with van der Waals surface area (Å²) in [5.74, 6) is 1.41. The lowest BCUT2D eigenvalue weighted by molar-refractivity contribution is 0.0691. The van der Waals surface area contributed by atoms with Crippen molar-refractivity contribution in [2.45, 2.75) is 20.5 Å². The fraction of sp³-hybridized carbons (Fsp3) is 0.294. The number of aromatic nitrogens is 1. The van der Waals surface area contributed by atoms with Crippen LogP contribution in [0.4, 0.5) is 0 Å². The molecule has 0 fully saturated rings. The number of hydrogen-bond donors (Lipinski definition) is 0. The van der Waals surface area contributed by atoms with Gasteiger partial charge >= 0.3 is 0 Å². The Bertz CT molecular complexity index is 665. The number of benzene rings is 1. The molecule has 2 aromatic rings. The molecular weight excluding hydrogens is 266 g/mol. The van der Waals surface area contributed by atoms with Gasteiger partial charge in [0.25, 0.3) is 0 Å². The first-order chi connectivity index (χ1) is 10.1. The van der Waals surface area contributed by atoms with Gasteiger partial charge in [0.15, 0.2) is 5.78 Å². The minimum absolute atomic E-state index is 0.115. The van der Waals surface area contributed by atoms with Crippen LogP contribution in [0.15, 0.2) is 42.7 Å². The van der Waals surface area contributed by atoms with Crippen molar-refractivity contribution in [2.75, 3.05) is 6.61 Å². The SMILES string of the molecule is CC1(C)COc2cc(OCc3ccncc3)ccc2C1=O. The predicted octanol–water partition coefficient (Wildman–Crippen LogP) is 3.26. The van der Waals surface area contributed by atoms with Crippen LogP contribution >= 0.6 is 0 Å². The normalized spacial score (nSPS) is 16.0. The molecule has 4 heteroatoms. The van der Waals surface area contributed by atoms with Crippen molar-refractivity contribution in [3.8, 4) is 11.5 Å². The molecular formula is C17H17NO3. The minimum Gasteiger partial charge on any atom is -0.492 e. The van der Waals surface area contributed by atoms with Crippen LogP contribution in [-0.2, 0) is 6.61 Å². The van der Waals surface area contributed by atoms with E-state index in [4.69, 9.17) is 9.47 Å². The van der Waals surface area contributed by atoms with Crippen molar-refractivity contribution < 1.29 is 14.3 Å². The van der Waals surface area contributed by atoms with Gasteiger partial charge < -0.3 is 9.47 Å². The average molecular weight is 283 g/mol. The fourth-order valence-corrected chi connectivity index (χ4v) is 2.23. The number of ether oxygens (including phenoxy) is 2. The maximum atomic E-state index is 12.3. The van der Waals surface area contributed by atoms with E-state index < -0.39 is 5.41 Å². The Morgan fingerprint density at radius 3 is 2.76 bits per heavy atom. The van der Waals surface area contributed by atoms with Gasteiger partial charge in [-0.25, -0.2) is 0 Å². The van der Waals surface area contributed by atoms with Gasteiger partial charge in [0.1, 0.15) is 24.7 Å². The van der Waals surface area contributed by atoms with Crippen LogP contribution in [-0.4, -0.2) is 17.4 Å². The molecule has 1 aliphatic heterocycles. The third-order valence-electron chi connectivity index (χ3n) is 3.56. The molecule has 0 aliphatic carbocycles. The Hall–Kier alpha value is -2.36. The number of rotatable bonds is 3. The number of carbonyl (C=O) groups is 1. The van der Waals surface area contributed by atoms with E-state index in [1.54, 1.807) is 24.5 Å². The molecule has 4 nitrogen and oxygen atoms in total. The number of fused-ring (bicyclic) bond motifs is 1. The molecule has 108 valence electrons. The Morgan fingerprint density at radius 2 is 2.00 bits per heavy atom. The molecule has 3 rings (SSSR count). The van der Waals surface area contributed by atoms with E-state index in [2.05, 4.69) is 4.98 Å². The van der Waals surface area contributed by atoms with Gasteiger partial charge in [-0.15, -0.1) is 0 Å². The first-order valence-electron chi connectivity index (χ1n) is 6.90. The maximum Gasteiger partial charge on any atom is 0.175 e. The van der Waals surface area contributed by atoms with Crippen LogP contribution < -0.4 is 9.47 Å². The van der Waals surface area contributed by atoms with Crippen LogP contribution in [0, 0.1) is 5.41 Å². The van der Waals surface area contributed by atoms with Gasteiger partial charge in [-0.2, -0.15) is 0 Å². The second kappa shape index (κ2) is 5.20. The molecule has 0 radical (unpaired) electrons. The van der Waals surface area contributed by atoms with E-state index >= 15 is 0 Å². The van der Waals surface area contributed by atoms with Crippen LogP contribution in [0.1, 0.15) is 29.8 Å². The zero-order valence-electron chi connectivity index (χ0n) is 12.1. The molecule has 0 saturated carbocycles. The third-order valence-corrected chi connectivity index (χ3v) is 3.56. The predicted molar refractivity (Wildman–Crippen MR) is 78.6 cm³/mol. The quantitative estimate of drug-likeness (QED) is 0.867. The number of ketones is 1. The van der Waals surface area contributed by atoms with Crippen LogP contribution in [0.5, 0.6) is 11.5 Å². The number of pyridine rings is 1. The van der Waals surface area contributed by atoms with Crippen LogP contribution in [0.3, 0.4) is 0 Å². The molecule has 1 aromatic carbocycles. The second-order valence-electron chi connectivity index (χ2n) is 5.80. The lowest BCUT2D eigenvalue weighted by Gasteiger charge is -2.29. The number of Topliss-reactive ketones (excluding diaryl/α,β-unsaturated/α-hetero) is 1. The lowest BCUT2D eigenvalue weighted by Crippen LogP contribution is -2.35. The van der Waals surface area contributed by atoms with E-state index in [1.807, 2.05) is 32.0 Å². The third kappa shape index (κ3) is 2.75. The molecule has 0 amide bonds. The highest BCUT2D eigenvalue weighted by atomic mass is 16.5. The largest absolute Gasteiger partial charge is 0.492 e. The first-order valence-corrected chi connectivity index (χ1v) is 6.90. The Labute approximate surface area is 123 Å². The van der Waals surface area contributed by atoms with Crippen LogP contribution in [0.2, 0.25) is 0 Å². The lowest BCUT2D eigenvalue weighted by atomic mass is 9.83. The van der Waals surface area contributed by atoms with Crippen molar-refractivity contribution in [1.29, 1.82) is 0 Å². The molecule has 1 aromatic heterocycles. The topological polar surface area (TPSA) is 48.4 Å². The number of carbonyl (C=O) groups excluding carboxylic acids is 1. The smallest absolute Gasteiger partial charge is 0.175 e.